The van der Waals surface area contributed by atoms with E-state index >= 15 is 0 Å². The number of benzene rings is 1. The fraction of sp³-hybridized carbons (Fsp3) is 0.611. The van der Waals surface area contributed by atoms with E-state index in [-0.39, 0.29) is 5.91 Å². The minimum atomic E-state index is 0.101. The number of allylic oxidation sites excluding steroid dienone is 1. The first-order valence-electron chi connectivity index (χ1n) is 16.6. The molecule has 1 aromatic carbocycles. The number of hydrogen-bond acceptors (Lipinski definition) is 5. The number of hydrogen-bond donors (Lipinski definition) is 0. The molecule has 0 atom stereocenters. The lowest BCUT2D eigenvalue weighted by molar-refractivity contribution is -0.127. The number of nitrogens with zero attached hydrogens (tertiary/aromatic N) is 3. The second-order valence-corrected chi connectivity index (χ2v) is 13.9. The molecule has 0 unspecified atom stereocenters. The number of unbranched alkanes of at least 4 members (excludes halogenated alkanes) is 5. The van der Waals surface area contributed by atoms with E-state index in [0.717, 1.165) is 56.9 Å². The molecule has 3 aliphatic heterocycles. The number of amides is 1. The zero-order valence-corrected chi connectivity index (χ0v) is 30.3. The Labute approximate surface area is 276 Å². The number of thioether (sulfide) groups is 1. The lowest BCUT2D eigenvalue weighted by Crippen LogP contribution is -2.37. The van der Waals surface area contributed by atoms with Gasteiger partial charge in [0.05, 0.1) is 4.91 Å². The number of likely N-dealkylation sites (tertiary alicyclic amines) is 1. The largest absolute Gasteiger partial charge is 0.360 e. The number of carbonyl (C=O) groups is 1. The molecule has 1 saturated heterocycles. The summed E-state index contributed by atoms with van der Waals surface area (Å²) in [6.07, 6.45) is 13.6. The van der Waals surface area contributed by atoms with Gasteiger partial charge in [-0.25, -0.2) is 0 Å². The van der Waals surface area contributed by atoms with Crippen molar-refractivity contribution in [3.63, 3.8) is 0 Å². The Kier molecular flexibility index (Phi) is 18.3. The monoisotopic (exact) mass is 645 g/mol. The van der Waals surface area contributed by atoms with Gasteiger partial charge in [-0.3, -0.25) is 9.79 Å². The summed E-state index contributed by atoms with van der Waals surface area (Å²) in [4.78, 5) is 23.4. The smallest absolute Gasteiger partial charge is 0.261 e. The van der Waals surface area contributed by atoms with Gasteiger partial charge in [0.2, 0.25) is 0 Å². The van der Waals surface area contributed by atoms with Gasteiger partial charge in [0.15, 0.2) is 0 Å². The maximum atomic E-state index is 12.6. The van der Waals surface area contributed by atoms with Gasteiger partial charge in [-0.05, 0) is 68.0 Å². The van der Waals surface area contributed by atoms with Crippen LogP contribution in [0.1, 0.15) is 109 Å². The molecule has 3 aliphatic rings. The molecule has 1 amide bonds. The Morgan fingerprint density at radius 1 is 0.930 bits per heavy atom. The Morgan fingerprint density at radius 3 is 2.21 bits per heavy atom. The van der Waals surface area contributed by atoms with Gasteiger partial charge in [-0.1, -0.05) is 102 Å². The zero-order chi connectivity index (χ0) is 31.6. The lowest BCUT2D eigenvalue weighted by Gasteiger charge is -2.30. The van der Waals surface area contributed by atoms with Gasteiger partial charge in [-0.2, -0.15) is 0 Å². The standard InChI is InChI=1S/C16H22ClN3OS.C10H10S.C8H18.C2H6/c1-19-7-5-6-18-15(19)12-10-13(17)14(22-11-12)16(21)20-8-3-2-4-9-20;1-7-3-4-9-6-8(2)11-10(9)5-7;1-3-5-7-8-6-4-2;1-2/h11H,2-10H2,1H3;3-6H,1-2H3;3-8H2,1-2H3;1-2H3. The third-order valence-corrected chi connectivity index (χ3v) is 10.1. The van der Waals surface area contributed by atoms with E-state index in [2.05, 4.69) is 74.3 Å². The highest BCUT2D eigenvalue weighted by atomic mass is 35.5. The average molecular weight is 646 g/mol. The van der Waals surface area contributed by atoms with Crippen LogP contribution in [0.25, 0.3) is 10.1 Å². The van der Waals surface area contributed by atoms with Crippen molar-refractivity contribution < 1.29 is 4.79 Å². The molecular weight excluding hydrogens is 590 g/mol. The molecule has 43 heavy (non-hydrogen) atoms. The van der Waals surface area contributed by atoms with Gasteiger partial charge in [-0.15, -0.1) is 11.3 Å². The summed E-state index contributed by atoms with van der Waals surface area (Å²) in [5.41, 5.74) is 2.48. The number of likely N-dealkylation sites (N-methyl/N-ethyl adjacent to an activating group) is 1. The van der Waals surface area contributed by atoms with Crippen molar-refractivity contribution in [2.24, 2.45) is 4.99 Å². The van der Waals surface area contributed by atoms with Crippen molar-refractivity contribution in [3.05, 3.63) is 55.6 Å². The lowest BCUT2D eigenvalue weighted by atomic mass is 10.1. The van der Waals surface area contributed by atoms with Crippen molar-refractivity contribution in [3.8, 4) is 0 Å². The Bertz CT molecular complexity index is 1200. The van der Waals surface area contributed by atoms with E-state index in [1.165, 1.54) is 77.2 Å². The van der Waals surface area contributed by atoms with Crippen LogP contribution in [0.15, 0.2) is 50.2 Å². The van der Waals surface area contributed by atoms with Gasteiger partial charge in [0.25, 0.3) is 5.91 Å². The minimum absolute atomic E-state index is 0.101. The molecule has 5 rings (SSSR count). The van der Waals surface area contributed by atoms with Crippen LogP contribution in [0.4, 0.5) is 0 Å². The van der Waals surface area contributed by atoms with Gasteiger partial charge < -0.3 is 9.80 Å². The van der Waals surface area contributed by atoms with E-state index in [1.54, 1.807) is 0 Å². The molecule has 240 valence electrons. The van der Waals surface area contributed by atoms with Crippen molar-refractivity contribution in [2.45, 2.75) is 112 Å². The van der Waals surface area contributed by atoms with Crippen LogP contribution in [0, 0.1) is 13.8 Å². The van der Waals surface area contributed by atoms with Crippen LogP contribution in [0.3, 0.4) is 0 Å². The summed E-state index contributed by atoms with van der Waals surface area (Å²) in [6.45, 7) is 16.4. The summed E-state index contributed by atoms with van der Waals surface area (Å²) in [7, 11) is 2.07. The third-order valence-electron chi connectivity index (χ3n) is 7.57. The van der Waals surface area contributed by atoms with Crippen LogP contribution in [-0.2, 0) is 4.79 Å². The number of aryl methyl sites for hydroxylation is 2. The number of piperidine rings is 1. The molecule has 1 aromatic heterocycles. The predicted molar refractivity (Wildman–Crippen MR) is 195 cm³/mol. The SMILES string of the molecule is CC.CCCCCCCC.CN1CCCN=C1C1=CSC(C(=O)N2CCCCC2)=C(Cl)C1.Cc1ccc2cc(C)sc2c1. The summed E-state index contributed by atoms with van der Waals surface area (Å²) >= 11 is 9.79. The number of fused-ring (bicyclic) bond motifs is 1. The van der Waals surface area contributed by atoms with Gasteiger partial charge in [0.1, 0.15) is 5.84 Å². The second-order valence-electron chi connectivity index (χ2n) is 11.3. The number of halogens is 1. The summed E-state index contributed by atoms with van der Waals surface area (Å²) in [6, 6.07) is 8.83. The van der Waals surface area contributed by atoms with E-state index < -0.39 is 0 Å². The van der Waals surface area contributed by atoms with Crippen LogP contribution in [0.2, 0.25) is 0 Å². The van der Waals surface area contributed by atoms with E-state index in [9.17, 15) is 4.79 Å². The van der Waals surface area contributed by atoms with Gasteiger partial charge >= 0.3 is 0 Å². The Balaban J connectivity index is 0.000000256. The number of aliphatic imine (C=N–C) groups is 1. The van der Waals surface area contributed by atoms with Crippen molar-refractivity contribution in [1.29, 1.82) is 0 Å². The molecule has 0 radical (unpaired) electrons. The normalized spacial score (nSPS) is 16.7. The van der Waals surface area contributed by atoms with Crippen molar-refractivity contribution in [1.82, 2.24) is 9.80 Å². The number of amidine groups is 1. The van der Waals surface area contributed by atoms with Crippen molar-refractivity contribution >= 4 is 56.5 Å². The quantitative estimate of drug-likeness (QED) is 0.281. The number of carbonyl (C=O) groups excluding carboxylic acids is 1. The minimum Gasteiger partial charge on any atom is -0.360 e. The first-order valence-corrected chi connectivity index (χ1v) is 18.7. The summed E-state index contributed by atoms with van der Waals surface area (Å²) < 4.78 is 1.41. The molecule has 0 aliphatic carbocycles. The van der Waals surface area contributed by atoms with Crippen LogP contribution in [-0.4, -0.2) is 54.8 Å². The molecule has 7 heteroatoms. The highest BCUT2D eigenvalue weighted by Gasteiger charge is 2.27. The summed E-state index contributed by atoms with van der Waals surface area (Å²) in [5, 5.41) is 4.10. The molecular formula is C36H56ClN3OS2. The van der Waals surface area contributed by atoms with Crippen LogP contribution >= 0.6 is 34.7 Å². The molecule has 0 bridgehead atoms. The summed E-state index contributed by atoms with van der Waals surface area (Å²) in [5.74, 6) is 1.13. The first kappa shape index (κ1) is 37.4. The number of rotatable bonds is 7. The number of thiophene rings is 1. The predicted octanol–water partition coefficient (Wildman–Crippen LogP) is 11.1. The molecule has 4 heterocycles. The molecule has 0 spiro atoms. The second kappa shape index (κ2) is 21.1. The maximum Gasteiger partial charge on any atom is 0.261 e. The molecule has 2 aromatic rings. The van der Waals surface area contributed by atoms with E-state index in [1.807, 2.05) is 30.1 Å². The fourth-order valence-electron chi connectivity index (χ4n) is 5.21. The maximum absolute atomic E-state index is 12.6. The Morgan fingerprint density at radius 2 is 1.60 bits per heavy atom. The molecule has 1 fully saturated rings. The zero-order valence-electron chi connectivity index (χ0n) is 27.9. The third kappa shape index (κ3) is 12.6. The molecule has 0 saturated carbocycles. The first-order chi connectivity index (χ1) is 20.8. The van der Waals surface area contributed by atoms with E-state index in [4.69, 9.17) is 11.6 Å². The topological polar surface area (TPSA) is 35.9 Å². The highest BCUT2D eigenvalue weighted by molar-refractivity contribution is 8.06. The van der Waals surface area contributed by atoms with Crippen LogP contribution < -0.4 is 0 Å². The van der Waals surface area contributed by atoms with Crippen molar-refractivity contribution in [2.75, 3.05) is 33.2 Å². The van der Waals surface area contributed by atoms with E-state index in [0.29, 0.717) is 16.4 Å². The fourth-order valence-corrected chi connectivity index (χ4v) is 7.47. The highest BCUT2D eigenvalue weighted by Crippen LogP contribution is 2.37. The molecule has 0 N–H and O–H groups in total. The van der Waals surface area contributed by atoms with Gasteiger partial charge in [0, 0.05) is 59.8 Å². The Hall–Kier alpha value is -1.76. The molecule has 4 nitrogen and oxygen atoms in total. The van der Waals surface area contributed by atoms with Crippen LogP contribution in [0.5, 0.6) is 0 Å². The average Bonchev–Trinajstić information content (AvgIpc) is 3.40.